The third kappa shape index (κ3) is 5.39. The number of nitrogens with zero attached hydrogens (tertiary/aromatic N) is 4. The van der Waals surface area contributed by atoms with Gasteiger partial charge in [-0.05, 0) is 60.7 Å². The average molecular weight is 593 g/mol. The number of ketones is 2. The van der Waals surface area contributed by atoms with Gasteiger partial charge in [-0.3, -0.25) is 19.0 Å². The van der Waals surface area contributed by atoms with Crippen LogP contribution in [-0.2, 0) is 22.4 Å². The first-order valence-electron chi connectivity index (χ1n) is 15.4. The number of rotatable bonds is 6. The van der Waals surface area contributed by atoms with Crippen molar-refractivity contribution in [3.05, 3.63) is 87.3 Å². The molecular weight excluding hydrogens is 556 g/mol. The smallest absolute Gasteiger partial charge is 0.263 e. The molecule has 2 aliphatic heterocycles. The van der Waals surface area contributed by atoms with Crippen LogP contribution in [0.5, 0.6) is 0 Å². The largest absolute Gasteiger partial charge is 0.381 e. The van der Waals surface area contributed by atoms with E-state index in [1.807, 2.05) is 30.3 Å². The maximum absolute atomic E-state index is 14.2. The van der Waals surface area contributed by atoms with Gasteiger partial charge in [-0.2, -0.15) is 4.98 Å². The van der Waals surface area contributed by atoms with Crippen LogP contribution < -0.4 is 21.1 Å². The van der Waals surface area contributed by atoms with E-state index in [9.17, 15) is 14.4 Å². The number of aryl methyl sites for hydroxylation is 1. The molecule has 0 bridgehead atoms. The zero-order valence-corrected chi connectivity index (χ0v) is 24.8. The van der Waals surface area contributed by atoms with Gasteiger partial charge in [-0.25, -0.2) is 4.98 Å². The second-order valence-corrected chi connectivity index (χ2v) is 12.0. The van der Waals surface area contributed by atoms with Gasteiger partial charge in [0.1, 0.15) is 11.7 Å². The molecule has 1 unspecified atom stereocenters. The van der Waals surface area contributed by atoms with Crippen LogP contribution in [0.3, 0.4) is 0 Å². The number of hydrogen-bond donors (Lipinski definition) is 2. The summed E-state index contributed by atoms with van der Waals surface area (Å²) in [6, 6.07) is 14.8. The summed E-state index contributed by atoms with van der Waals surface area (Å²) in [5.41, 5.74) is 5.09. The van der Waals surface area contributed by atoms with Gasteiger partial charge in [0.05, 0.1) is 5.56 Å². The van der Waals surface area contributed by atoms with E-state index < -0.39 is 11.6 Å². The molecule has 1 atom stereocenters. The highest BCUT2D eigenvalue weighted by Gasteiger charge is 2.33. The van der Waals surface area contributed by atoms with E-state index in [2.05, 4.69) is 39.6 Å². The van der Waals surface area contributed by atoms with E-state index in [1.54, 1.807) is 12.3 Å². The van der Waals surface area contributed by atoms with Crippen LogP contribution in [0.1, 0.15) is 45.9 Å². The van der Waals surface area contributed by atoms with Gasteiger partial charge >= 0.3 is 0 Å². The molecule has 2 saturated heterocycles. The van der Waals surface area contributed by atoms with Crippen molar-refractivity contribution in [2.24, 2.45) is 5.92 Å². The number of anilines is 3. The Kier molecular flexibility index (Phi) is 7.69. The predicted octanol–water partition coefficient (Wildman–Crippen LogP) is 3.77. The number of Topliss-reactive ketones (excluding diaryl/α,β-unsaturated/α-hetero) is 2. The Bertz CT molecular complexity index is 1810. The van der Waals surface area contributed by atoms with Crippen molar-refractivity contribution < 1.29 is 14.3 Å². The maximum atomic E-state index is 14.2. The van der Waals surface area contributed by atoms with E-state index in [0.717, 1.165) is 48.6 Å². The number of ether oxygens (including phenoxy) is 1. The highest BCUT2D eigenvalue weighted by atomic mass is 16.5. The monoisotopic (exact) mass is 592 g/mol. The summed E-state index contributed by atoms with van der Waals surface area (Å²) in [5.74, 6) is -0.263. The molecule has 4 aromatic rings. The Labute approximate surface area is 255 Å². The molecule has 10 nitrogen and oxygen atoms in total. The topological polar surface area (TPSA) is 118 Å². The fourth-order valence-corrected chi connectivity index (χ4v) is 6.74. The zero-order chi connectivity index (χ0) is 30.2. The Hall–Kier alpha value is -4.41. The quantitative estimate of drug-likeness (QED) is 0.323. The Morgan fingerprint density at radius 1 is 1.02 bits per heavy atom. The molecule has 7 rings (SSSR count). The highest BCUT2D eigenvalue weighted by Crippen LogP contribution is 2.30. The molecule has 3 aliphatic rings. The van der Waals surface area contributed by atoms with Crippen molar-refractivity contribution in [2.75, 3.05) is 49.6 Å². The fourth-order valence-electron chi connectivity index (χ4n) is 6.74. The predicted molar refractivity (Wildman–Crippen MR) is 169 cm³/mol. The maximum Gasteiger partial charge on any atom is 0.263 e. The van der Waals surface area contributed by atoms with Crippen molar-refractivity contribution in [1.82, 2.24) is 19.9 Å². The van der Waals surface area contributed by atoms with Crippen LogP contribution in [0.15, 0.2) is 59.5 Å². The average Bonchev–Trinajstić information content (AvgIpc) is 3.05. The summed E-state index contributed by atoms with van der Waals surface area (Å²) in [7, 11) is 0. The van der Waals surface area contributed by atoms with Crippen LogP contribution in [-0.4, -0.2) is 65.5 Å². The van der Waals surface area contributed by atoms with Crippen LogP contribution in [0.2, 0.25) is 0 Å². The summed E-state index contributed by atoms with van der Waals surface area (Å²) < 4.78 is 6.90. The van der Waals surface area contributed by atoms with Gasteiger partial charge in [-0.1, -0.05) is 24.3 Å². The van der Waals surface area contributed by atoms with Crippen molar-refractivity contribution >= 4 is 39.9 Å². The van der Waals surface area contributed by atoms with Gasteiger partial charge in [0.15, 0.2) is 11.6 Å². The fraction of sp³-hybridized carbons (Fsp3) is 0.382. The Balaban J connectivity index is 1.28. The number of fused-ring (bicyclic) bond motifs is 2. The van der Waals surface area contributed by atoms with Crippen LogP contribution in [0.25, 0.3) is 11.0 Å². The lowest BCUT2D eigenvalue weighted by Gasteiger charge is -2.30. The Morgan fingerprint density at radius 2 is 1.80 bits per heavy atom. The zero-order valence-electron chi connectivity index (χ0n) is 24.8. The number of nitrogens with one attached hydrogen (secondary N) is 2. The SMILES string of the molecule is Cc1cc(Nc2ncc3cc(C(=O)C4CCOCC4)c(=O)n(C4Cc5ccccc5CC4=O)c3n2)ccc1N1CCNCC1. The third-order valence-corrected chi connectivity index (χ3v) is 9.12. The summed E-state index contributed by atoms with van der Waals surface area (Å²) in [5, 5.41) is 7.23. The van der Waals surface area contributed by atoms with Crippen molar-refractivity contribution in [1.29, 1.82) is 0 Å². The number of carbonyl (C=O) groups is 2. The second-order valence-electron chi connectivity index (χ2n) is 12.0. The Morgan fingerprint density at radius 3 is 2.57 bits per heavy atom. The molecule has 0 radical (unpaired) electrons. The van der Waals surface area contributed by atoms with Gasteiger partial charge in [0.2, 0.25) is 5.95 Å². The van der Waals surface area contributed by atoms with E-state index in [0.29, 0.717) is 49.5 Å². The van der Waals surface area contributed by atoms with Crippen molar-refractivity contribution in [3.63, 3.8) is 0 Å². The first-order chi connectivity index (χ1) is 21.5. The number of aromatic nitrogens is 3. The van der Waals surface area contributed by atoms with Crippen molar-refractivity contribution in [2.45, 2.75) is 38.6 Å². The molecule has 10 heteroatoms. The molecule has 44 heavy (non-hydrogen) atoms. The van der Waals surface area contributed by atoms with Crippen LogP contribution >= 0.6 is 0 Å². The van der Waals surface area contributed by atoms with E-state index in [-0.39, 0.29) is 29.5 Å². The summed E-state index contributed by atoms with van der Waals surface area (Å²) in [4.78, 5) is 53.1. The van der Waals surface area contributed by atoms with Gasteiger partial charge < -0.3 is 20.3 Å². The number of benzene rings is 2. The minimum absolute atomic E-state index is 0.0741. The van der Waals surface area contributed by atoms with Gasteiger partial charge in [-0.15, -0.1) is 0 Å². The molecule has 2 fully saturated rings. The third-order valence-electron chi connectivity index (χ3n) is 9.12. The van der Waals surface area contributed by atoms with Crippen LogP contribution in [0, 0.1) is 12.8 Å². The number of pyridine rings is 1. The minimum Gasteiger partial charge on any atom is -0.381 e. The molecule has 2 aromatic carbocycles. The number of piperazine rings is 1. The molecule has 2 N–H and O–H groups in total. The lowest BCUT2D eigenvalue weighted by Crippen LogP contribution is -2.43. The number of carbonyl (C=O) groups excluding carboxylic acids is 2. The van der Waals surface area contributed by atoms with E-state index >= 15 is 0 Å². The molecule has 0 saturated carbocycles. The number of hydrogen-bond acceptors (Lipinski definition) is 9. The summed E-state index contributed by atoms with van der Waals surface area (Å²) in [6.45, 7) is 6.91. The standard InChI is InChI=1S/C34H36N6O4/c1-21-16-26(6-7-28(21)39-12-10-35-11-13-39)37-34-36-20-25-17-27(31(42)22-8-14-44-15-9-22)33(43)40(32(25)38-34)29-18-23-4-2-3-5-24(23)19-30(29)41/h2-7,16-17,20,22,29,35H,8-15,18-19H2,1H3,(H,36,37,38). The molecule has 226 valence electrons. The molecule has 4 heterocycles. The van der Waals surface area contributed by atoms with E-state index in [4.69, 9.17) is 9.72 Å². The summed E-state index contributed by atoms with van der Waals surface area (Å²) in [6.07, 6.45) is 3.35. The summed E-state index contributed by atoms with van der Waals surface area (Å²) >= 11 is 0. The molecule has 2 aromatic heterocycles. The highest BCUT2D eigenvalue weighted by molar-refractivity contribution is 6.00. The lowest BCUT2D eigenvalue weighted by atomic mass is 9.86. The van der Waals surface area contributed by atoms with E-state index in [1.165, 1.54) is 10.3 Å². The molecule has 1 aliphatic carbocycles. The second kappa shape index (κ2) is 11.9. The van der Waals surface area contributed by atoms with Gasteiger partial charge in [0, 0.05) is 81.1 Å². The first-order valence-corrected chi connectivity index (χ1v) is 15.4. The minimum atomic E-state index is -0.773. The lowest BCUT2D eigenvalue weighted by molar-refractivity contribution is -0.122. The molecular formula is C34H36N6O4. The first kappa shape index (κ1) is 28.4. The molecule has 0 spiro atoms. The van der Waals surface area contributed by atoms with Crippen molar-refractivity contribution in [3.8, 4) is 0 Å². The normalized spacial score (nSPS) is 19.2. The molecule has 0 amide bonds. The van der Waals surface area contributed by atoms with Gasteiger partial charge in [0.25, 0.3) is 5.56 Å². The van der Waals surface area contributed by atoms with Crippen LogP contribution in [0.4, 0.5) is 17.3 Å².